The van der Waals surface area contributed by atoms with Gasteiger partial charge in [-0.05, 0) is 143 Å². The fraction of sp³-hybridized carbons (Fsp3) is 0.101. The molecule has 2 aliphatic rings. The highest BCUT2D eigenvalue weighted by Crippen LogP contribution is 2.56. The van der Waals surface area contributed by atoms with Crippen molar-refractivity contribution in [1.82, 2.24) is 0 Å². The van der Waals surface area contributed by atoms with E-state index >= 15 is 4.39 Å². The third-order valence-electron chi connectivity index (χ3n) is 16.3. The van der Waals surface area contributed by atoms with Gasteiger partial charge in [0.05, 0.1) is 11.0 Å². The van der Waals surface area contributed by atoms with Gasteiger partial charge in [-0.15, -0.1) is 0 Å². The monoisotopic (exact) mass is 912 g/mol. The first-order chi connectivity index (χ1) is 34.9. The summed E-state index contributed by atoms with van der Waals surface area (Å²) in [6.45, 7) is 4.72. The molecule has 1 atom stereocenters. The van der Waals surface area contributed by atoms with Gasteiger partial charge in [0.1, 0.15) is 17.0 Å². The predicted octanol–water partition coefficient (Wildman–Crippen LogP) is 18.1. The Balaban J connectivity index is 0.888. The standard InChI is InChI=1S/C69H49FO/c1-68(2)60-25-13-10-22-53(60)56-36-29-43(40-63(56)68)28-35-50(58-41-45-16-6-7-19-49(45)51-20-8-9-21-52(51)58)46-32-39-65-59(42-46)57-37-38-64(70)66(67(57)71-65)44-30-33-48(34-31-44)69(47-17-4-3-5-18-47)61-26-14-11-23-54(61)55-24-12-15-27-62(55)69/h3-27,29-34,36-42,50H,28,35H2,1-2H3. The summed E-state index contributed by atoms with van der Waals surface area (Å²) in [5.41, 5.74) is 18.6. The van der Waals surface area contributed by atoms with Crippen LogP contribution in [0.5, 0.6) is 0 Å². The molecule has 11 aromatic carbocycles. The van der Waals surface area contributed by atoms with E-state index in [2.05, 4.69) is 232 Å². The Morgan fingerprint density at radius 3 is 1.80 bits per heavy atom. The largest absolute Gasteiger partial charge is 0.455 e. The van der Waals surface area contributed by atoms with Gasteiger partial charge in [-0.25, -0.2) is 4.39 Å². The quantitative estimate of drug-likeness (QED) is 0.138. The first-order valence-electron chi connectivity index (χ1n) is 25.0. The Morgan fingerprint density at radius 2 is 1.06 bits per heavy atom. The third kappa shape index (κ3) is 6.17. The Hall–Kier alpha value is -8.33. The number of rotatable bonds is 8. The molecule has 2 aliphatic carbocycles. The van der Waals surface area contributed by atoms with Crippen molar-refractivity contribution in [3.05, 3.63) is 286 Å². The molecule has 1 aromatic heterocycles. The first-order valence-corrected chi connectivity index (χ1v) is 25.0. The normalized spacial score (nSPS) is 14.4. The molecule has 338 valence electrons. The number of fused-ring (bicyclic) bond motifs is 12. The molecule has 12 aromatic rings. The number of halogens is 1. The summed E-state index contributed by atoms with van der Waals surface area (Å²) in [7, 11) is 0. The second-order valence-corrected chi connectivity index (χ2v) is 20.3. The third-order valence-corrected chi connectivity index (χ3v) is 16.3. The zero-order valence-electron chi connectivity index (χ0n) is 39.7. The molecule has 14 rings (SSSR count). The van der Waals surface area contributed by atoms with Gasteiger partial charge in [-0.1, -0.05) is 214 Å². The molecule has 0 radical (unpaired) electrons. The molecule has 0 amide bonds. The van der Waals surface area contributed by atoms with Crippen LogP contribution < -0.4 is 0 Å². The average Bonchev–Trinajstić information content (AvgIpc) is 4.03. The summed E-state index contributed by atoms with van der Waals surface area (Å²) >= 11 is 0. The summed E-state index contributed by atoms with van der Waals surface area (Å²) in [4.78, 5) is 0. The predicted molar refractivity (Wildman–Crippen MR) is 292 cm³/mol. The van der Waals surface area contributed by atoms with Crippen LogP contribution in [0, 0.1) is 5.82 Å². The molecular formula is C69H49FO. The van der Waals surface area contributed by atoms with Crippen LogP contribution in [0.25, 0.3) is 76.9 Å². The van der Waals surface area contributed by atoms with Crippen molar-refractivity contribution in [2.24, 2.45) is 0 Å². The number of hydrogen-bond donors (Lipinski definition) is 0. The molecule has 0 fully saturated rings. The maximum absolute atomic E-state index is 16.6. The number of aryl methyl sites for hydroxylation is 1. The molecule has 71 heavy (non-hydrogen) atoms. The van der Waals surface area contributed by atoms with Crippen LogP contribution in [0.4, 0.5) is 4.39 Å². The van der Waals surface area contributed by atoms with Crippen molar-refractivity contribution in [3.8, 4) is 33.4 Å². The Labute approximate surface area is 413 Å². The van der Waals surface area contributed by atoms with Crippen molar-refractivity contribution in [2.75, 3.05) is 0 Å². The lowest BCUT2D eigenvalue weighted by Gasteiger charge is -2.34. The first kappa shape index (κ1) is 41.6. The van der Waals surface area contributed by atoms with E-state index in [1.54, 1.807) is 6.07 Å². The molecule has 0 aliphatic heterocycles. The zero-order chi connectivity index (χ0) is 47.4. The lowest BCUT2D eigenvalue weighted by molar-refractivity contribution is 0.622. The minimum Gasteiger partial charge on any atom is -0.455 e. The molecule has 0 N–H and O–H groups in total. The summed E-state index contributed by atoms with van der Waals surface area (Å²) in [6.07, 6.45) is 1.81. The van der Waals surface area contributed by atoms with E-state index in [1.165, 1.54) is 88.3 Å². The van der Waals surface area contributed by atoms with E-state index in [0.29, 0.717) is 11.1 Å². The summed E-state index contributed by atoms with van der Waals surface area (Å²) in [5.74, 6) is -0.243. The highest BCUT2D eigenvalue weighted by Gasteiger charge is 2.46. The van der Waals surface area contributed by atoms with Crippen LogP contribution in [0.15, 0.2) is 235 Å². The smallest absolute Gasteiger partial charge is 0.146 e. The second kappa shape index (κ2) is 15.9. The molecule has 0 saturated carbocycles. The number of furan rings is 1. The minimum atomic E-state index is -0.539. The van der Waals surface area contributed by atoms with Gasteiger partial charge in [0, 0.05) is 22.1 Å². The van der Waals surface area contributed by atoms with Crippen molar-refractivity contribution in [3.63, 3.8) is 0 Å². The van der Waals surface area contributed by atoms with Gasteiger partial charge >= 0.3 is 0 Å². The van der Waals surface area contributed by atoms with E-state index in [1.807, 2.05) is 6.07 Å². The van der Waals surface area contributed by atoms with E-state index in [-0.39, 0.29) is 17.2 Å². The molecule has 0 spiro atoms. The van der Waals surface area contributed by atoms with Gasteiger partial charge in [-0.3, -0.25) is 0 Å². The van der Waals surface area contributed by atoms with E-state index in [0.717, 1.165) is 40.3 Å². The lowest BCUT2D eigenvalue weighted by atomic mass is 9.67. The SMILES string of the molecule is CC1(C)c2ccccc2-c2ccc(CCC(c3ccc4oc5c(-c6ccc(C7(c8ccccc8)c8ccccc8-c8ccccc87)cc6)c(F)ccc5c4c3)c3cc4ccccc4c4ccccc34)cc21. The van der Waals surface area contributed by atoms with Gasteiger partial charge in [0.25, 0.3) is 0 Å². The van der Waals surface area contributed by atoms with Gasteiger partial charge in [-0.2, -0.15) is 0 Å². The van der Waals surface area contributed by atoms with Gasteiger partial charge in [0.2, 0.25) is 0 Å². The Morgan fingerprint density at radius 1 is 0.451 bits per heavy atom. The molecular weight excluding hydrogens is 864 g/mol. The van der Waals surface area contributed by atoms with Crippen LogP contribution in [-0.4, -0.2) is 0 Å². The van der Waals surface area contributed by atoms with Crippen molar-refractivity contribution < 1.29 is 8.81 Å². The van der Waals surface area contributed by atoms with Crippen molar-refractivity contribution in [2.45, 2.75) is 43.4 Å². The lowest BCUT2D eigenvalue weighted by Crippen LogP contribution is -2.28. The van der Waals surface area contributed by atoms with Gasteiger partial charge in [0.15, 0.2) is 0 Å². The van der Waals surface area contributed by atoms with E-state index < -0.39 is 5.41 Å². The molecule has 1 unspecified atom stereocenters. The van der Waals surface area contributed by atoms with Gasteiger partial charge < -0.3 is 4.42 Å². The van der Waals surface area contributed by atoms with Crippen LogP contribution in [0.2, 0.25) is 0 Å². The average molecular weight is 913 g/mol. The van der Waals surface area contributed by atoms with Crippen molar-refractivity contribution >= 4 is 43.5 Å². The van der Waals surface area contributed by atoms with Crippen LogP contribution in [-0.2, 0) is 17.3 Å². The maximum Gasteiger partial charge on any atom is 0.146 e. The Bertz CT molecular complexity index is 4050. The zero-order valence-corrected chi connectivity index (χ0v) is 39.7. The maximum atomic E-state index is 16.6. The molecule has 0 bridgehead atoms. The minimum absolute atomic E-state index is 0.0626. The van der Waals surface area contributed by atoms with Crippen LogP contribution in [0.3, 0.4) is 0 Å². The fourth-order valence-electron chi connectivity index (χ4n) is 13.0. The van der Waals surface area contributed by atoms with E-state index in [9.17, 15) is 0 Å². The second-order valence-electron chi connectivity index (χ2n) is 20.3. The number of benzene rings is 11. The molecule has 2 heteroatoms. The summed E-state index contributed by atoms with van der Waals surface area (Å²) in [5, 5.41) is 6.93. The van der Waals surface area contributed by atoms with Crippen LogP contribution in [0.1, 0.15) is 76.3 Å². The van der Waals surface area contributed by atoms with Crippen molar-refractivity contribution in [1.29, 1.82) is 0 Å². The fourth-order valence-corrected chi connectivity index (χ4v) is 13.0. The highest BCUT2D eigenvalue weighted by molar-refractivity contribution is 6.11. The summed E-state index contributed by atoms with van der Waals surface area (Å²) in [6, 6.07) is 83.1. The Kier molecular flexibility index (Phi) is 9.29. The number of hydrogen-bond acceptors (Lipinski definition) is 1. The molecule has 0 saturated heterocycles. The van der Waals surface area contributed by atoms with Crippen LogP contribution >= 0.6 is 0 Å². The molecule has 1 nitrogen and oxygen atoms in total. The molecule has 1 heterocycles. The topological polar surface area (TPSA) is 13.1 Å². The highest BCUT2D eigenvalue weighted by atomic mass is 19.1. The summed E-state index contributed by atoms with van der Waals surface area (Å²) < 4.78 is 23.4. The van der Waals surface area contributed by atoms with E-state index in [4.69, 9.17) is 4.42 Å².